The van der Waals surface area contributed by atoms with Gasteiger partial charge in [0.05, 0.1) is 5.56 Å². The van der Waals surface area contributed by atoms with E-state index in [-0.39, 0.29) is 12.4 Å². The van der Waals surface area contributed by atoms with Crippen LogP contribution in [0.5, 0.6) is 0 Å². The van der Waals surface area contributed by atoms with Crippen molar-refractivity contribution in [2.45, 2.75) is 18.1 Å². The van der Waals surface area contributed by atoms with Crippen LogP contribution in [0.2, 0.25) is 0 Å². The SMILES string of the molecule is Cl.Cn1nnnc1SCCCNCc1ccc(C(=O)O)cc1. The monoisotopic (exact) mass is 343 g/mol. The highest BCUT2D eigenvalue weighted by atomic mass is 35.5. The first kappa shape index (κ1) is 18.4. The highest BCUT2D eigenvalue weighted by molar-refractivity contribution is 7.99. The van der Waals surface area contributed by atoms with Crippen LogP contribution in [0.3, 0.4) is 0 Å². The maximum Gasteiger partial charge on any atom is 0.335 e. The second-order valence-corrected chi connectivity index (χ2v) is 5.53. The van der Waals surface area contributed by atoms with E-state index in [2.05, 4.69) is 20.8 Å². The minimum Gasteiger partial charge on any atom is -0.478 e. The number of benzene rings is 1. The minimum atomic E-state index is -0.898. The van der Waals surface area contributed by atoms with Gasteiger partial charge in [-0.25, -0.2) is 9.48 Å². The molecule has 7 nitrogen and oxygen atoms in total. The van der Waals surface area contributed by atoms with Crippen LogP contribution in [0.1, 0.15) is 22.3 Å². The summed E-state index contributed by atoms with van der Waals surface area (Å²) in [5, 5.41) is 24.2. The standard InChI is InChI=1S/C13H17N5O2S.ClH/c1-18-13(15-16-17-18)21-8-2-7-14-9-10-3-5-11(6-4-10)12(19)20;/h3-6,14H,2,7-9H2,1H3,(H,19,20);1H. The van der Waals surface area contributed by atoms with Crippen LogP contribution in [0.15, 0.2) is 29.4 Å². The summed E-state index contributed by atoms with van der Waals surface area (Å²) in [6.07, 6.45) is 1.00. The van der Waals surface area contributed by atoms with E-state index in [1.54, 1.807) is 28.6 Å². The molecule has 2 aromatic rings. The van der Waals surface area contributed by atoms with Gasteiger partial charge >= 0.3 is 5.97 Å². The molecule has 0 aliphatic heterocycles. The maximum atomic E-state index is 10.7. The lowest BCUT2D eigenvalue weighted by Gasteiger charge is -2.05. The highest BCUT2D eigenvalue weighted by Gasteiger charge is 2.03. The van der Waals surface area contributed by atoms with Crippen LogP contribution in [-0.4, -0.2) is 43.6 Å². The van der Waals surface area contributed by atoms with Crippen molar-refractivity contribution in [2.75, 3.05) is 12.3 Å². The molecule has 9 heteroatoms. The van der Waals surface area contributed by atoms with Gasteiger partial charge in [0.25, 0.3) is 0 Å². The maximum absolute atomic E-state index is 10.7. The van der Waals surface area contributed by atoms with E-state index in [1.165, 1.54) is 0 Å². The summed E-state index contributed by atoms with van der Waals surface area (Å²) in [5.74, 6) is 0.0453. The molecular formula is C13H18ClN5O2S. The van der Waals surface area contributed by atoms with Gasteiger partial charge in [-0.3, -0.25) is 0 Å². The average Bonchev–Trinajstić information content (AvgIpc) is 2.88. The first-order chi connectivity index (χ1) is 10.2. The lowest BCUT2D eigenvalue weighted by molar-refractivity contribution is 0.0697. The molecule has 2 N–H and O–H groups in total. The zero-order chi connectivity index (χ0) is 15.1. The average molecular weight is 344 g/mol. The Hall–Kier alpha value is -1.64. The minimum absolute atomic E-state index is 0. The largest absolute Gasteiger partial charge is 0.478 e. The Kier molecular flexibility index (Phi) is 7.86. The fraction of sp³-hybridized carbons (Fsp3) is 0.385. The van der Waals surface area contributed by atoms with E-state index < -0.39 is 5.97 Å². The van der Waals surface area contributed by atoms with Gasteiger partial charge in [0.15, 0.2) is 0 Å². The molecule has 0 saturated heterocycles. The van der Waals surface area contributed by atoms with Crippen molar-refractivity contribution in [3.8, 4) is 0 Å². The summed E-state index contributed by atoms with van der Waals surface area (Å²) < 4.78 is 1.65. The predicted molar refractivity (Wildman–Crippen MR) is 86.5 cm³/mol. The van der Waals surface area contributed by atoms with Crippen molar-refractivity contribution in [2.24, 2.45) is 7.05 Å². The number of aromatic nitrogens is 4. The second kappa shape index (κ2) is 9.39. The molecule has 0 spiro atoms. The van der Waals surface area contributed by atoms with Crippen molar-refractivity contribution in [1.82, 2.24) is 25.5 Å². The third-order valence-electron chi connectivity index (χ3n) is 2.84. The molecule has 0 atom stereocenters. The number of carboxylic acids is 1. The number of rotatable bonds is 8. The van der Waals surface area contributed by atoms with E-state index >= 15 is 0 Å². The normalized spacial score (nSPS) is 10.2. The van der Waals surface area contributed by atoms with Gasteiger partial charge < -0.3 is 10.4 Å². The number of aromatic carboxylic acids is 1. The molecule has 0 amide bonds. The second-order valence-electron chi connectivity index (χ2n) is 4.47. The summed E-state index contributed by atoms with van der Waals surface area (Å²) in [4.78, 5) is 10.7. The Morgan fingerprint density at radius 2 is 2.09 bits per heavy atom. The predicted octanol–water partition coefficient (Wildman–Crippen LogP) is 1.60. The van der Waals surface area contributed by atoms with Gasteiger partial charge in [-0.15, -0.1) is 17.5 Å². The Labute approximate surface area is 138 Å². The number of nitrogens with one attached hydrogen (secondary N) is 1. The number of nitrogens with zero attached hydrogens (tertiary/aromatic N) is 4. The third kappa shape index (κ3) is 5.63. The van der Waals surface area contributed by atoms with E-state index in [0.717, 1.165) is 36.0 Å². The Morgan fingerprint density at radius 1 is 1.36 bits per heavy atom. The number of carboxylic acid groups (broad SMARTS) is 1. The zero-order valence-electron chi connectivity index (χ0n) is 12.1. The van der Waals surface area contributed by atoms with Crippen molar-refractivity contribution in [3.05, 3.63) is 35.4 Å². The molecule has 1 aromatic heterocycles. The quantitative estimate of drug-likeness (QED) is 0.555. The lowest BCUT2D eigenvalue weighted by atomic mass is 10.1. The first-order valence-corrected chi connectivity index (χ1v) is 7.53. The molecular weight excluding hydrogens is 326 g/mol. The lowest BCUT2D eigenvalue weighted by Crippen LogP contribution is -2.15. The number of aryl methyl sites for hydroxylation is 1. The molecule has 0 bridgehead atoms. The Bertz CT molecular complexity index is 590. The molecule has 0 saturated carbocycles. The molecule has 1 heterocycles. The molecule has 0 radical (unpaired) electrons. The molecule has 0 aliphatic rings. The summed E-state index contributed by atoms with van der Waals surface area (Å²) in [6, 6.07) is 6.90. The molecule has 2 rings (SSSR count). The van der Waals surface area contributed by atoms with Gasteiger partial charge in [0.2, 0.25) is 5.16 Å². The molecule has 0 fully saturated rings. The van der Waals surface area contributed by atoms with Crippen molar-refractivity contribution < 1.29 is 9.90 Å². The number of thioether (sulfide) groups is 1. The van der Waals surface area contributed by atoms with Crippen LogP contribution in [0, 0.1) is 0 Å². The van der Waals surface area contributed by atoms with E-state index in [0.29, 0.717) is 5.56 Å². The number of halogens is 1. The Morgan fingerprint density at radius 3 is 2.68 bits per heavy atom. The van der Waals surface area contributed by atoms with Crippen LogP contribution in [-0.2, 0) is 13.6 Å². The fourth-order valence-corrected chi connectivity index (χ4v) is 2.49. The van der Waals surface area contributed by atoms with Gasteiger partial charge in [0, 0.05) is 19.3 Å². The van der Waals surface area contributed by atoms with Gasteiger partial charge in [-0.2, -0.15) is 0 Å². The highest BCUT2D eigenvalue weighted by Crippen LogP contribution is 2.12. The molecule has 1 aromatic carbocycles. The summed E-state index contributed by atoms with van der Waals surface area (Å²) in [5.41, 5.74) is 1.39. The number of tetrazole rings is 1. The summed E-state index contributed by atoms with van der Waals surface area (Å²) in [7, 11) is 1.82. The van der Waals surface area contributed by atoms with Crippen LogP contribution < -0.4 is 5.32 Å². The molecule has 0 aliphatic carbocycles. The summed E-state index contributed by atoms with van der Waals surface area (Å²) >= 11 is 1.63. The van der Waals surface area contributed by atoms with Crippen LogP contribution >= 0.6 is 24.2 Å². The van der Waals surface area contributed by atoms with Crippen LogP contribution in [0.25, 0.3) is 0 Å². The van der Waals surface area contributed by atoms with Gasteiger partial charge in [-0.1, -0.05) is 23.9 Å². The number of hydrogen-bond donors (Lipinski definition) is 2. The molecule has 22 heavy (non-hydrogen) atoms. The van der Waals surface area contributed by atoms with E-state index in [9.17, 15) is 4.79 Å². The topological polar surface area (TPSA) is 92.9 Å². The van der Waals surface area contributed by atoms with Gasteiger partial charge in [-0.05, 0) is 41.1 Å². The van der Waals surface area contributed by atoms with Crippen molar-refractivity contribution >= 4 is 30.1 Å². The number of hydrogen-bond acceptors (Lipinski definition) is 6. The Balaban J connectivity index is 0.00000242. The smallest absolute Gasteiger partial charge is 0.335 e. The van der Waals surface area contributed by atoms with Crippen molar-refractivity contribution in [3.63, 3.8) is 0 Å². The number of carbonyl (C=O) groups is 1. The van der Waals surface area contributed by atoms with E-state index in [1.807, 2.05) is 19.2 Å². The third-order valence-corrected chi connectivity index (χ3v) is 3.94. The molecule has 0 unspecified atom stereocenters. The fourth-order valence-electron chi connectivity index (χ4n) is 1.70. The van der Waals surface area contributed by atoms with E-state index in [4.69, 9.17) is 5.11 Å². The van der Waals surface area contributed by atoms with Crippen LogP contribution in [0.4, 0.5) is 0 Å². The van der Waals surface area contributed by atoms with Gasteiger partial charge in [0.1, 0.15) is 0 Å². The summed E-state index contributed by atoms with van der Waals surface area (Å²) in [6.45, 7) is 1.62. The molecule has 120 valence electrons. The first-order valence-electron chi connectivity index (χ1n) is 6.55. The van der Waals surface area contributed by atoms with Crippen molar-refractivity contribution in [1.29, 1.82) is 0 Å². The zero-order valence-corrected chi connectivity index (χ0v) is 13.7.